The number of nitrogens with one attached hydrogen (secondary N) is 2. The Morgan fingerprint density at radius 3 is 2.59 bits per heavy atom. The number of benzene rings is 2. The highest BCUT2D eigenvalue weighted by Crippen LogP contribution is 2.35. The van der Waals surface area contributed by atoms with Crippen LogP contribution >= 0.6 is 0 Å². The van der Waals surface area contributed by atoms with Gasteiger partial charge in [-0.2, -0.15) is 0 Å². The largest absolute Gasteiger partial charge is 0.486 e. The average Bonchev–Trinajstić information content (AvgIpc) is 3.03. The van der Waals surface area contributed by atoms with Crippen LogP contribution in [0, 0.1) is 5.82 Å². The van der Waals surface area contributed by atoms with Gasteiger partial charge < -0.3 is 25.0 Å². The summed E-state index contributed by atoms with van der Waals surface area (Å²) in [5.74, 6) is 0.804. The number of anilines is 2. The predicted molar refractivity (Wildman–Crippen MR) is 96.7 cm³/mol. The first-order valence-electron chi connectivity index (χ1n) is 8.61. The molecule has 2 heterocycles. The van der Waals surface area contributed by atoms with Gasteiger partial charge in [-0.05, 0) is 36.4 Å². The Balaban J connectivity index is 1.38. The van der Waals surface area contributed by atoms with Crippen molar-refractivity contribution >= 4 is 23.3 Å². The van der Waals surface area contributed by atoms with E-state index in [-0.39, 0.29) is 24.2 Å². The lowest BCUT2D eigenvalue weighted by molar-refractivity contribution is -0.117. The molecule has 2 N–H and O–H groups in total. The van der Waals surface area contributed by atoms with Crippen molar-refractivity contribution in [1.29, 1.82) is 0 Å². The third-order valence-electron chi connectivity index (χ3n) is 4.40. The van der Waals surface area contributed by atoms with E-state index in [1.807, 2.05) is 0 Å². The summed E-state index contributed by atoms with van der Waals surface area (Å²) in [6, 6.07) is 10.0. The van der Waals surface area contributed by atoms with Gasteiger partial charge in [0.25, 0.3) is 0 Å². The third kappa shape index (κ3) is 3.79. The second-order valence-corrected chi connectivity index (χ2v) is 6.34. The van der Waals surface area contributed by atoms with Crippen molar-refractivity contribution in [3.8, 4) is 11.5 Å². The molecule has 2 aliphatic rings. The molecular formula is C19H18FN3O4. The Morgan fingerprint density at radius 2 is 1.81 bits per heavy atom. The minimum atomic E-state index is -0.441. The van der Waals surface area contributed by atoms with Crippen LogP contribution in [-0.2, 0) is 4.79 Å². The molecule has 140 valence electrons. The molecule has 0 radical (unpaired) electrons. The van der Waals surface area contributed by atoms with E-state index in [9.17, 15) is 14.0 Å². The van der Waals surface area contributed by atoms with Crippen molar-refractivity contribution in [2.75, 3.05) is 30.0 Å². The zero-order chi connectivity index (χ0) is 18.8. The molecule has 2 aliphatic heterocycles. The van der Waals surface area contributed by atoms with Crippen molar-refractivity contribution in [3.63, 3.8) is 0 Å². The summed E-state index contributed by atoms with van der Waals surface area (Å²) in [6.45, 7) is 1.33. The van der Waals surface area contributed by atoms with E-state index < -0.39 is 6.03 Å². The fourth-order valence-electron chi connectivity index (χ4n) is 3.14. The molecular weight excluding hydrogens is 353 g/mol. The van der Waals surface area contributed by atoms with Crippen molar-refractivity contribution < 1.29 is 23.5 Å². The van der Waals surface area contributed by atoms with Gasteiger partial charge in [0, 0.05) is 30.4 Å². The monoisotopic (exact) mass is 371 g/mol. The van der Waals surface area contributed by atoms with E-state index in [0.717, 1.165) is 0 Å². The van der Waals surface area contributed by atoms with E-state index in [0.29, 0.717) is 42.6 Å². The molecule has 4 rings (SSSR count). The molecule has 27 heavy (non-hydrogen) atoms. The van der Waals surface area contributed by atoms with Gasteiger partial charge in [0.15, 0.2) is 11.5 Å². The first-order valence-corrected chi connectivity index (χ1v) is 8.61. The molecule has 0 aromatic heterocycles. The fraction of sp³-hybridized carbons (Fsp3) is 0.263. The summed E-state index contributed by atoms with van der Waals surface area (Å²) in [7, 11) is 0. The Hall–Kier alpha value is -3.29. The summed E-state index contributed by atoms with van der Waals surface area (Å²) in [4.78, 5) is 26.1. The highest BCUT2D eigenvalue weighted by Gasteiger charge is 2.32. The molecule has 2 aromatic rings. The number of ether oxygens (including phenoxy) is 2. The van der Waals surface area contributed by atoms with Gasteiger partial charge in [-0.3, -0.25) is 4.79 Å². The second kappa shape index (κ2) is 7.14. The SMILES string of the molecule is O=C(Nc1ccc(F)cc1)N[C@@H]1CC(=O)N(c2ccc3c(c2)OCCO3)C1. The Morgan fingerprint density at radius 1 is 1.07 bits per heavy atom. The summed E-state index contributed by atoms with van der Waals surface area (Å²) in [5, 5.41) is 5.40. The van der Waals surface area contributed by atoms with Gasteiger partial charge in [0.2, 0.25) is 5.91 Å². The van der Waals surface area contributed by atoms with Crippen LogP contribution in [0.4, 0.5) is 20.6 Å². The van der Waals surface area contributed by atoms with E-state index in [4.69, 9.17) is 9.47 Å². The number of hydrogen-bond acceptors (Lipinski definition) is 4. The first kappa shape index (κ1) is 17.1. The maximum Gasteiger partial charge on any atom is 0.319 e. The quantitative estimate of drug-likeness (QED) is 0.869. The number of hydrogen-bond donors (Lipinski definition) is 2. The molecule has 8 heteroatoms. The number of rotatable bonds is 3. The van der Waals surface area contributed by atoms with Gasteiger partial charge in [-0.15, -0.1) is 0 Å². The molecule has 0 spiro atoms. The normalized spacial score (nSPS) is 18.3. The fourth-order valence-corrected chi connectivity index (χ4v) is 3.14. The Kier molecular flexibility index (Phi) is 4.53. The molecule has 0 unspecified atom stereocenters. The van der Waals surface area contributed by atoms with Crippen molar-refractivity contribution in [2.45, 2.75) is 12.5 Å². The number of nitrogens with zero attached hydrogens (tertiary/aromatic N) is 1. The standard InChI is InChI=1S/C19H18FN3O4/c20-12-1-3-13(4-2-12)21-19(25)22-14-9-18(24)23(11-14)15-5-6-16-17(10-15)27-8-7-26-16/h1-6,10,14H,7-9,11H2,(H2,21,22,25)/t14-/m1/s1. The van der Waals surface area contributed by atoms with Gasteiger partial charge in [0.05, 0.1) is 6.04 Å². The minimum Gasteiger partial charge on any atom is -0.486 e. The molecule has 0 aliphatic carbocycles. The van der Waals surface area contributed by atoms with Crippen LogP contribution in [0.3, 0.4) is 0 Å². The zero-order valence-electron chi connectivity index (χ0n) is 14.4. The molecule has 1 fully saturated rings. The van der Waals surface area contributed by atoms with E-state index >= 15 is 0 Å². The maximum atomic E-state index is 12.9. The summed E-state index contributed by atoms with van der Waals surface area (Å²) in [6.07, 6.45) is 0.200. The number of urea groups is 1. The van der Waals surface area contributed by atoms with Gasteiger partial charge in [0.1, 0.15) is 19.0 Å². The number of fused-ring (bicyclic) bond motifs is 1. The highest BCUT2D eigenvalue weighted by atomic mass is 19.1. The van der Waals surface area contributed by atoms with Crippen molar-refractivity contribution in [2.24, 2.45) is 0 Å². The molecule has 1 saturated heterocycles. The third-order valence-corrected chi connectivity index (χ3v) is 4.40. The van der Waals surface area contributed by atoms with Gasteiger partial charge in [-0.25, -0.2) is 9.18 Å². The molecule has 7 nitrogen and oxygen atoms in total. The number of amides is 3. The predicted octanol–water partition coefficient (Wildman–Crippen LogP) is 2.52. The summed E-state index contributed by atoms with van der Waals surface area (Å²) in [5.41, 5.74) is 1.18. The van der Waals surface area contributed by atoms with Crippen LogP contribution in [-0.4, -0.2) is 37.7 Å². The van der Waals surface area contributed by atoms with E-state index in [2.05, 4.69) is 10.6 Å². The molecule has 0 bridgehead atoms. The first-order chi connectivity index (χ1) is 13.1. The van der Waals surface area contributed by atoms with Crippen molar-refractivity contribution in [1.82, 2.24) is 5.32 Å². The average molecular weight is 371 g/mol. The summed E-state index contributed by atoms with van der Waals surface area (Å²) < 4.78 is 24.0. The number of halogens is 1. The maximum absolute atomic E-state index is 12.9. The van der Waals surface area contributed by atoms with Crippen LogP contribution in [0.2, 0.25) is 0 Å². The van der Waals surface area contributed by atoms with Gasteiger partial charge in [-0.1, -0.05) is 0 Å². The topological polar surface area (TPSA) is 79.9 Å². The minimum absolute atomic E-state index is 0.0845. The smallest absolute Gasteiger partial charge is 0.319 e. The number of carbonyl (C=O) groups excluding carboxylic acids is 2. The molecule has 0 saturated carbocycles. The number of carbonyl (C=O) groups is 2. The summed E-state index contributed by atoms with van der Waals surface area (Å²) >= 11 is 0. The highest BCUT2D eigenvalue weighted by molar-refractivity contribution is 5.98. The molecule has 3 amide bonds. The van der Waals surface area contributed by atoms with Crippen LogP contribution < -0.4 is 25.0 Å². The van der Waals surface area contributed by atoms with Crippen LogP contribution in [0.25, 0.3) is 0 Å². The Bertz CT molecular complexity index is 872. The van der Waals surface area contributed by atoms with Crippen LogP contribution in [0.1, 0.15) is 6.42 Å². The lowest BCUT2D eigenvalue weighted by Gasteiger charge is -2.22. The van der Waals surface area contributed by atoms with E-state index in [1.54, 1.807) is 23.1 Å². The van der Waals surface area contributed by atoms with Gasteiger partial charge >= 0.3 is 6.03 Å². The lowest BCUT2D eigenvalue weighted by Crippen LogP contribution is -2.39. The lowest BCUT2D eigenvalue weighted by atomic mass is 10.2. The van der Waals surface area contributed by atoms with Crippen molar-refractivity contribution in [3.05, 3.63) is 48.3 Å². The molecule has 1 atom stereocenters. The van der Waals surface area contributed by atoms with Crippen LogP contribution in [0.5, 0.6) is 11.5 Å². The second-order valence-electron chi connectivity index (χ2n) is 6.34. The van der Waals surface area contributed by atoms with Crippen LogP contribution in [0.15, 0.2) is 42.5 Å². The Labute approximate surface area is 155 Å². The zero-order valence-corrected chi connectivity index (χ0v) is 14.4. The van der Waals surface area contributed by atoms with E-state index in [1.165, 1.54) is 24.3 Å². The molecule has 2 aromatic carbocycles.